The molecule has 0 saturated heterocycles. The topological polar surface area (TPSA) is 20.3 Å². The maximum atomic E-state index is 13.5. The van der Waals surface area contributed by atoms with E-state index in [-0.39, 0.29) is 5.91 Å². The molecule has 0 spiro atoms. The largest absolute Gasteiger partial charge is 0.297 e. The summed E-state index contributed by atoms with van der Waals surface area (Å²) in [5, 5.41) is 0.619. The zero-order valence-corrected chi connectivity index (χ0v) is 17.7. The lowest BCUT2D eigenvalue weighted by atomic mass is 9.86. The predicted molar refractivity (Wildman–Crippen MR) is 114 cm³/mol. The second-order valence-corrected chi connectivity index (χ2v) is 10.1. The van der Waals surface area contributed by atoms with Gasteiger partial charge >= 0.3 is 0 Å². The summed E-state index contributed by atoms with van der Waals surface area (Å²) in [5.74, 6) is -0.0338. The summed E-state index contributed by atoms with van der Waals surface area (Å²) in [6, 6.07) is 13.3. The van der Waals surface area contributed by atoms with Crippen molar-refractivity contribution in [1.82, 2.24) is 0 Å². The van der Waals surface area contributed by atoms with Crippen LogP contribution in [0.4, 0.5) is 5.69 Å². The molecule has 26 heavy (non-hydrogen) atoms. The molecule has 6 heteroatoms. The Hall–Kier alpha value is -1.53. The molecule has 0 bridgehead atoms. The molecule has 1 aromatic heterocycles. The molecule has 0 saturated carbocycles. The van der Waals surface area contributed by atoms with Gasteiger partial charge in [0, 0.05) is 21.7 Å². The van der Waals surface area contributed by atoms with E-state index in [0.29, 0.717) is 10.6 Å². The first-order chi connectivity index (χ1) is 12.3. The first kappa shape index (κ1) is 17.9. The fraction of sp³-hybridized carbons (Fsp3) is 0.200. The molecule has 1 aliphatic rings. The molecule has 2 heterocycles. The third-order valence-electron chi connectivity index (χ3n) is 4.70. The Morgan fingerprint density at radius 3 is 2.50 bits per heavy atom. The van der Waals surface area contributed by atoms with Gasteiger partial charge in [0.1, 0.15) is 3.82 Å². The molecule has 2 aromatic carbocycles. The Bertz CT molecular complexity index is 1080. The third kappa shape index (κ3) is 2.65. The van der Waals surface area contributed by atoms with E-state index >= 15 is 0 Å². The van der Waals surface area contributed by atoms with Gasteiger partial charge in [-0.2, -0.15) is 0 Å². The lowest BCUT2D eigenvalue weighted by molar-refractivity contribution is 0.0961. The summed E-state index contributed by atoms with van der Waals surface area (Å²) in [6.45, 7) is 6.21. The summed E-state index contributed by atoms with van der Waals surface area (Å²) in [5.41, 5.74) is 4.31. The Morgan fingerprint density at radius 2 is 1.81 bits per heavy atom. The zero-order valence-electron chi connectivity index (χ0n) is 14.5. The molecule has 0 unspecified atom stereocenters. The van der Waals surface area contributed by atoms with Gasteiger partial charge in [-0.05, 0) is 56.7 Å². The van der Waals surface area contributed by atoms with Crippen molar-refractivity contribution < 1.29 is 4.79 Å². The first-order valence-corrected chi connectivity index (χ1v) is 11.1. The zero-order chi connectivity index (χ0) is 18.6. The number of benzene rings is 2. The van der Waals surface area contributed by atoms with Crippen LogP contribution in [-0.4, -0.2) is 5.91 Å². The van der Waals surface area contributed by atoms with Crippen LogP contribution in [0.1, 0.15) is 34.6 Å². The van der Waals surface area contributed by atoms with E-state index in [2.05, 4.69) is 32.0 Å². The minimum absolute atomic E-state index is 0.0338. The molecule has 1 amide bonds. The van der Waals surface area contributed by atoms with Crippen LogP contribution in [0.5, 0.6) is 0 Å². The van der Waals surface area contributed by atoms with Gasteiger partial charge in [-0.1, -0.05) is 56.6 Å². The normalized spacial score (nSPS) is 14.7. The minimum atomic E-state index is -0.481. The summed E-state index contributed by atoms with van der Waals surface area (Å²) in [7, 11) is 3.27. The second-order valence-electron chi connectivity index (χ2n) is 6.89. The molecule has 4 rings (SSSR count). The summed E-state index contributed by atoms with van der Waals surface area (Å²) in [4.78, 5) is 16.5. The van der Waals surface area contributed by atoms with E-state index in [1.807, 2.05) is 11.8 Å². The van der Waals surface area contributed by atoms with E-state index < -0.39 is 5.54 Å². The van der Waals surface area contributed by atoms with Crippen molar-refractivity contribution >= 4 is 56.1 Å². The molecule has 0 fully saturated rings. The number of carbonyl (C=O) groups is 1. The van der Waals surface area contributed by atoms with Gasteiger partial charge in [-0.3, -0.25) is 9.69 Å². The number of halogens is 1. The van der Waals surface area contributed by atoms with Crippen molar-refractivity contribution in [3.8, 4) is 11.1 Å². The molecule has 0 atom stereocenters. The number of aryl methyl sites for hydroxylation is 1. The molecule has 0 radical (unpaired) electrons. The van der Waals surface area contributed by atoms with Crippen LogP contribution in [0, 0.1) is 10.7 Å². The highest BCUT2D eigenvalue weighted by Crippen LogP contribution is 2.52. The van der Waals surface area contributed by atoms with Gasteiger partial charge < -0.3 is 0 Å². The highest BCUT2D eigenvalue weighted by atomic mass is 35.5. The van der Waals surface area contributed by atoms with E-state index in [4.69, 9.17) is 23.8 Å². The molecule has 0 aliphatic carbocycles. The molecule has 3 aromatic rings. The fourth-order valence-corrected chi connectivity index (χ4v) is 6.83. The fourth-order valence-electron chi connectivity index (χ4n) is 3.42. The highest BCUT2D eigenvalue weighted by molar-refractivity contribution is 7.80. The Labute approximate surface area is 170 Å². The lowest BCUT2D eigenvalue weighted by Crippen LogP contribution is -2.47. The van der Waals surface area contributed by atoms with Crippen molar-refractivity contribution in [2.45, 2.75) is 26.3 Å². The maximum Gasteiger partial charge on any atom is 0.259 e. The number of amides is 1. The number of carbonyl (C=O) groups excluding carboxylic acids is 1. The van der Waals surface area contributed by atoms with Gasteiger partial charge in [0.15, 0.2) is 0 Å². The number of nitrogens with zero attached hydrogens (tertiary/aromatic N) is 1. The SMILES string of the molecule is Cc1ccc2c(c1)N(C(=O)c1ccc(Cl)cc1)C(C)(C)c1ssc(=S)c1-2. The second kappa shape index (κ2) is 6.27. The molecule has 0 N–H and O–H groups in total. The maximum absolute atomic E-state index is 13.5. The highest BCUT2D eigenvalue weighted by Gasteiger charge is 2.43. The summed E-state index contributed by atoms with van der Waals surface area (Å²) >= 11 is 11.6. The molecular weight excluding hydrogens is 402 g/mol. The van der Waals surface area contributed by atoms with Gasteiger partial charge in [0.25, 0.3) is 5.91 Å². The van der Waals surface area contributed by atoms with Crippen molar-refractivity contribution in [3.05, 3.63) is 67.3 Å². The quantitative estimate of drug-likeness (QED) is 0.312. The Kier molecular flexibility index (Phi) is 4.31. The van der Waals surface area contributed by atoms with Crippen molar-refractivity contribution in [3.63, 3.8) is 0 Å². The van der Waals surface area contributed by atoms with Crippen molar-refractivity contribution in [2.75, 3.05) is 4.90 Å². The monoisotopic (exact) mass is 417 g/mol. The average molecular weight is 418 g/mol. The molecular formula is C20H16ClNOS3. The predicted octanol–water partition coefficient (Wildman–Crippen LogP) is 7.06. The molecule has 2 nitrogen and oxygen atoms in total. The van der Waals surface area contributed by atoms with Crippen LogP contribution in [0.25, 0.3) is 11.1 Å². The number of hydrogen-bond donors (Lipinski definition) is 0. The van der Waals surface area contributed by atoms with Crippen LogP contribution < -0.4 is 4.90 Å². The van der Waals surface area contributed by atoms with Crippen LogP contribution in [-0.2, 0) is 5.54 Å². The minimum Gasteiger partial charge on any atom is -0.297 e. The standard InChI is InChI=1S/C20H16ClNOS3/c1-11-4-9-14-15(10-11)22(18(23)12-5-7-13(21)8-6-12)20(2,3)17-16(14)19(24)26-25-17/h4-10H,1-3H3. The number of hydrogen-bond acceptors (Lipinski definition) is 4. The van der Waals surface area contributed by atoms with E-state index in [9.17, 15) is 4.79 Å². The molecule has 1 aliphatic heterocycles. The summed E-state index contributed by atoms with van der Waals surface area (Å²) in [6.07, 6.45) is 0. The third-order valence-corrected chi connectivity index (χ3v) is 8.29. The lowest BCUT2D eigenvalue weighted by Gasteiger charge is -2.43. The van der Waals surface area contributed by atoms with E-state index in [1.54, 1.807) is 44.9 Å². The van der Waals surface area contributed by atoms with Gasteiger partial charge in [-0.25, -0.2) is 0 Å². The summed E-state index contributed by atoms with van der Waals surface area (Å²) < 4.78 is 0.891. The number of anilines is 1. The van der Waals surface area contributed by atoms with Crippen LogP contribution in [0.3, 0.4) is 0 Å². The van der Waals surface area contributed by atoms with Crippen LogP contribution >= 0.6 is 44.5 Å². The Morgan fingerprint density at radius 1 is 1.12 bits per heavy atom. The van der Waals surface area contributed by atoms with Gasteiger partial charge in [-0.15, -0.1) is 0 Å². The average Bonchev–Trinajstić information content (AvgIpc) is 2.98. The van der Waals surface area contributed by atoms with Crippen LogP contribution in [0.2, 0.25) is 5.02 Å². The number of fused-ring (bicyclic) bond motifs is 3. The van der Waals surface area contributed by atoms with Crippen LogP contribution in [0.15, 0.2) is 42.5 Å². The van der Waals surface area contributed by atoms with Crippen molar-refractivity contribution in [2.24, 2.45) is 0 Å². The van der Waals surface area contributed by atoms with Gasteiger partial charge in [0.05, 0.1) is 16.1 Å². The van der Waals surface area contributed by atoms with Crippen molar-refractivity contribution in [1.29, 1.82) is 0 Å². The molecule has 132 valence electrons. The van der Waals surface area contributed by atoms with E-state index in [0.717, 1.165) is 31.1 Å². The van der Waals surface area contributed by atoms with E-state index in [1.165, 1.54) is 0 Å². The Balaban J connectivity index is 1.97. The number of rotatable bonds is 1. The smallest absolute Gasteiger partial charge is 0.259 e. The van der Waals surface area contributed by atoms with Gasteiger partial charge in [0.2, 0.25) is 0 Å². The first-order valence-electron chi connectivity index (χ1n) is 8.15.